The van der Waals surface area contributed by atoms with Crippen LogP contribution in [0.4, 0.5) is 10.5 Å². The molecule has 0 spiro atoms. The Morgan fingerprint density at radius 2 is 1.58 bits per heavy atom. The molecule has 2 aromatic rings. The van der Waals surface area contributed by atoms with Gasteiger partial charge in [0, 0.05) is 50.1 Å². The van der Waals surface area contributed by atoms with Gasteiger partial charge in [-0.15, -0.1) is 0 Å². The highest BCUT2D eigenvalue weighted by molar-refractivity contribution is 5.91. The van der Waals surface area contributed by atoms with Crippen LogP contribution < -0.4 is 20.9 Å². The highest BCUT2D eigenvalue weighted by Crippen LogP contribution is 2.20. The standard InChI is InChI=1S/C27H43N5O/c1-7-18-27(4,30-22-29-20-26(2,3)28-5)21-32(19-23-14-10-8-11-15-23)25(33)31(6)24-16-12-9-13-17-24/h8-17,28-30H,7,18-22H2,1-6H3. The van der Waals surface area contributed by atoms with Crippen molar-refractivity contribution in [3.05, 3.63) is 66.2 Å². The van der Waals surface area contributed by atoms with Crippen LogP contribution >= 0.6 is 0 Å². The molecule has 1 unspecified atom stereocenters. The van der Waals surface area contributed by atoms with Crippen LogP contribution in [0.5, 0.6) is 0 Å². The van der Waals surface area contributed by atoms with Crippen LogP contribution in [0.25, 0.3) is 0 Å². The molecule has 0 aliphatic heterocycles. The maximum Gasteiger partial charge on any atom is 0.324 e. The number of amides is 2. The molecule has 0 aliphatic carbocycles. The number of carbonyl (C=O) groups is 1. The van der Waals surface area contributed by atoms with E-state index in [4.69, 9.17) is 0 Å². The summed E-state index contributed by atoms with van der Waals surface area (Å²) in [5.41, 5.74) is 1.83. The van der Waals surface area contributed by atoms with E-state index in [2.05, 4.69) is 55.8 Å². The Labute approximate surface area is 200 Å². The number of benzene rings is 2. The molecule has 0 aromatic heterocycles. The minimum atomic E-state index is -0.215. The number of hydrogen-bond donors (Lipinski definition) is 3. The van der Waals surface area contributed by atoms with Gasteiger partial charge in [0.15, 0.2) is 0 Å². The third kappa shape index (κ3) is 8.80. The number of anilines is 1. The summed E-state index contributed by atoms with van der Waals surface area (Å²) in [5.74, 6) is 0. The minimum Gasteiger partial charge on any atom is -0.318 e. The molecule has 0 aliphatic rings. The van der Waals surface area contributed by atoms with Crippen molar-refractivity contribution in [1.82, 2.24) is 20.9 Å². The van der Waals surface area contributed by atoms with Crippen molar-refractivity contribution in [1.29, 1.82) is 0 Å². The lowest BCUT2D eigenvalue weighted by molar-refractivity contribution is 0.169. The summed E-state index contributed by atoms with van der Waals surface area (Å²) in [7, 11) is 3.83. The molecule has 1 atom stereocenters. The Morgan fingerprint density at radius 3 is 2.15 bits per heavy atom. The highest BCUT2D eigenvalue weighted by Gasteiger charge is 2.30. The summed E-state index contributed by atoms with van der Waals surface area (Å²) in [6.45, 7) is 11.5. The van der Waals surface area contributed by atoms with Crippen LogP contribution in [0.3, 0.4) is 0 Å². The van der Waals surface area contributed by atoms with Crippen LogP contribution in [0, 0.1) is 0 Å². The van der Waals surface area contributed by atoms with E-state index in [1.807, 2.05) is 67.5 Å². The second kappa shape index (κ2) is 12.7. The van der Waals surface area contributed by atoms with E-state index in [9.17, 15) is 4.79 Å². The van der Waals surface area contributed by atoms with E-state index in [-0.39, 0.29) is 17.1 Å². The first-order chi connectivity index (χ1) is 15.7. The van der Waals surface area contributed by atoms with Gasteiger partial charge in [-0.25, -0.2) is 4.79 Å². The van der Waals surface area contributed by atoms with E-state index in [1.165, 1.54) is 0 Å². The molecular formula is C27H43N5O. The Balaban J connectivity index is 2.17. The van der Waals surface area contributed by atoms with Gasteiger partial charge >= 0.3 is 6.03 Å². The second-order valence-electron chi connectivity index (χ2n) is 9.74. The Hall–Kier alpha value is -2.41. The maximum absolute atomic E-state index is 13.6. The van der Waals surface area contributed by atoms with Gasteiger partial charge < -0.3 is 15.5 Å². The molecule has 6 heteroatoms. The zero-order valence-corrected chi connectivity index (χ0v) is 21.3. The summed E-state index contributed by atoms with van der Waals surface area (Å²) in [5, 5.41) is 10.5. The molecule has 0 bridgehead atoms. The molecule has 0 heterocycles. The van der Waals surface area contributed by atoms with Gasteiger partial charge in [-0.05, 0) is 51.9 Å². The summed E-state index contributed by atoms with van der Waals surface area (Å²) in [6, 6.07) is 20.0. The lowest BCUT2D eigenvalue weighted by atomic mass is 9.95. The fourth-order valence-electron chi connectivity index (χ4n) is 3.90. The van der Waals surface area contributed by atoms with E-state index >= 15 is 0 Å². The van der Waals surface area contributed by atoms with Crippen LogP contribution in [0.1, 0.15) is 46.1 Å². The molecule has 33 heavy (non-hydrogen) atoms. The van der Waals surface area contributed by atoms with Gasteiger partial charge in [0.05, 0.1) is 0 Å². The molecule has 6 nitrogen and oxygen atoms in total. The average molecular weight is 454 g/mol. The Bertz CT molecular complexity index is 827. The van der Waals surface area contributed by atoms with Crippen molar-refractivity contribution in [2.24, 2.45) is 0 Å². The molecule has 0 saturated heterocycles. The smallest absolute Gasteiger partial charge is 0.318 e. The molecule has 0 radical (unpaired) electrons. The van der Waals surface area contributed by atoms with E-state index in [1.54, 1.807) is 4.90 Å². The zero-order chi connectivity index (χ0) is 24.3. The van der Waals surface area contributed by atoms with E-state index in [0.29, 0.717) is 19.8 Å². The van der Waals surface area contributed by atoms with Crippen LogP contribution in [-0.2, 0) is 6.54 Å². The first-order valence-corrected chi connectivity index (χ1v) is 12.0. The van der Waals surface area contributed by atoms with Gasteiger partial charge in [-0.1, -0.05) is 61.9 Å². The van der Waals surface area contributed by atoms with E-state index in [0.717, 1.165) is 30.6 Å². The van der Waals surface area contributed by atoms with Crippen molar-refractivity contribution < 1.29 is 4.79 Å². The van der Waals surface area contributed by atoms with Gasteiger partial charge in [0.1, 0.15) is 0 Å². The quantitative estimate of drug-likeness (QED) is 0.310. The van der Waals surface area contributed by atoms with Crippen molar-refractivity contribution in [2.45, 2.75) is 58.2 Å². The van der Waals surface area contributed by atoms with Crippen LogP contribution in [-0.4, -0.2) is 55.9 Å². The van der Waals surface area contributed by atoms with Crippen molar-refractivity contribution in [3.8, 4) is 0 Å². The number of carbonyl (C=O) groups excluding carboxylic acids is 1. The average Bonchev–Trinajstić information content (AvgIpc) is 2.82. The molecule has 2 amide bonds. The summed E-state index contributed by atoms with van der Waals surface area (Å²) in [4.78, 5) is 17.3. The number of hydrogen-bond acceptors (Lipinski definition) is 4. The Kier molecular flexibility index (Phi) is 10.4. The molecule has 3 N–H and O–H groups in total. The second-order valence-corrected chi connectivity index (χ2v) is 9.74. The highest BCUT2D eigenvalue weighted by atomic mass is 16.2. The topological polar surface area (TPSA) is 59.6 Å². The Morgan fingerprint density at radius 1 is 0.970 bits per heavy atom. The van der Waals surface area contributed by atoms with E-state index < -0.39 is 0 Å². The summed E-state index contributed by atoms with van der Waals surface area (Å²) >= 11 is 0. The molecule has 182 valence electrons. The first kappa shape index (κ1) is 26.8. The number of likely N-dealkylation sites (N-methyl/N-ethyl adjacent to an activating group) is 1. The number of para-hydroxylation sites is 1. The number of urea groups is 1. The fourth-order valence-corrected chi connectivity index (χ4v) is 3.90. The monoisotopic (exact) mass is 453 g/mol. The number of rotatable bonds is 13. The molecule has 0 fully saturated rings. The van der Waals surface area contributed by atoms with Crippen LogP contribution in [0.2, 0.25) is 0 Å². The molecular weight excluding hydrogens is 410 g/mol. The number of nitrogens with one attached hydrogen (secondary N) is 3. The van der Waals surface area contributed by atoms with Gasteiger partial charge in [0.2, 0.25) is 0 Å². The maximum atomic E-state index is 13.6. The predicted molar refractivity (Wildman–Crippen MR) is 140 cm³/mol. The van der Waals surface area contributed by atoms with Gasteiger partial charge in [-0.3, -0.25) is 10.2 Å². The van der Waals surface area contributed by atoms with Crippen molar-refractivity contribution >= 4 is 11.7 Å². The molecule has 2 rings (SSSR count). The van der Waals surface area contributed by atoms with Crippen molar-refractivity contribution in [2.75, 3.05) is 38.8 Å². The first-order valence-electron chi connectivity index (χ1n) is 12.0. The third-order valence-corrected chi connectivity index (χ3v) is 6.14. The summed E-state index contributed by atoms with van der Waals surface area (Å²) in [6.07, 6.45) is 2.01. The lowest BCUT2D eigenvalue weighted by Crippen LogP contribution is -2.57. The van der Waals surface area contributed by atoms with Crippen molar-refractivity contribution in [3.63, 3.8) is 0 Å². The van der Waals surface area contributed by atoms with Crippen LogP contribution in [0.15, 0.2) is 60.7 Å². The molecule has 0 saturated carbocycles. The SMILES string of the molecule is CCCC(C)(CN(Cc1ccccc1)C(=O)N(C)c1ccccc1)NCNCC(C)(C)NC. The predicted octanol–water partition coefficient (Wildman–Crippen LogP) is 4.44. The largest absolute Gasteiger partial charge is 0.324 e. The normalized spacial score (nSPS) is 13.4. The van der Waals surface area contributed by atoms with Gasteiger partial charge in [0.25, 0.3) is 0 Å². The lowest BCUT2D eigenvalue weighted by Gasteiger charge is -2.38. The summed E-state index contributed by atoms with van der Waals surface area (Å²) < 4.78 is 0. The zero-order valence-electron chi connectivity index (χ0n) is 21.3. The fraction of sp³-hybridized carbons (Fsp3) is 0.519. The third-order valence-electron chi connectivity index (χ3n) is 6.14. The minimum absolute atomic E-state index is 0.00143. The molecule has 2 aromatic carbocycles. The van der Waals surface area contributed by atoms with Gasteiger partial charge in [-0.2, -0.15) is 0 Å². The number of nitrogens with zero attached hydrogens (tertiary/aromatic N) is 2.